The number of aromatic nitrogens is 2. The Kier molecular flexibility index (Phi) is 20.6. The lowest BCUT2D eigenvalue weighted by molar-refractivity contribution is -0.303. The van der Waals surface area contributed by atoms with Crippen molar-refractivity contribution >= 4 is 0 Å². The summed E-state index contributed by atoms with van der Waals surface area (Å²) in [6.45, 7) is 1.53. The summed E-state index contributed by atoms with van der Waals surface area (Å²) in [5.74, 6) is 2.92. The molecule has 0 amide bonds. The van der Waals surface area contributed by atoms with Crippen molar-refractivity contribution in [3.63, 3.8) is 0 Å². The first kappa shape index (κ1) is 46.9. The summed E-state index contributed by atoms with van der Waals surface area (Å²) in [6, 6.07) is 0. The minimum Gasteiger partial charge on any atom is -0.394 e. The number of nitrogens with zero attached hydrogens (tertiary/aromatic N) is 1. The summed E-state index contributed by atoms with van der Waals surface area (Å²) >= 11 is 0. The van der Waals surface area contributed by atoms with Gasteiger partial charge >= 0.3 is 0 Å². The Morgan fingerprint density at radius 2 is 1.25 bits per heavy atom. The topological polar surface area (TPSA) is 169 Å². The molecule has 1 saturated heterocycles. The SMILES string of the molecule is CCCCCCCCCCCCCC[C@@H](O)[C@@H](O)[C@H](COC1OC(CO)C(O)C(O)C1O)c1ncc(CCCCCCCCCCC23CC4CC(CC(C4)C2)C3)[nH]1. The molecule has 1 aromatic rings. The quantitative estimate of drug-likeness (QED) is 0.0365. The van der Waals surface area contributed by atoms with Gasteiger partial charge in [0, 0.05) is 11.9 Å². The maximum Gasteiger partial charge on any atom is 0.186 e. The van der Waals surface area contributed by atoms with Crippen molar-refractivity contribution < 1.29 is 40.1 Å². The average molecular weight is 805 g/mol. The maximum absolute atomic E-state index is 11.4. The van der Waals surface area contributed by atoms with Gasteiger partial charge in [0.05, 0.1) is 31.3 Å². The van der Waals surface area contributed by atoms with Gasteiger partial charge in [-0.2, -0.15) is 0 Å². The van der Waals surface area contributed by atoms with E-state index in [1.807, 2.05) is 0 Å². The van der Waals surface area contributed by atoms with Crippen LogP contribution in [-0.4, -0.2) is 96.7 Å². The third kappa shape index (κ3) is 14.8. The molecule has 2 heterocycles. The van der Waals surface area contributed by atoms with Crippen LogP contribution in [0.3, 0.4) is 0 Å². The molecule has 6 rings (SSSR count). The molecule has 4 saturated carbocycles. The minimum atomic E-state index is -1.56. The van der Waals surface area contributed by atoms with Crippen LogP contribution < -0.4 is 0 Å². The van der Waals surface area contributed by atoms with E-state index < -0.39 is 55.4 Å². The Bertz CT molecular complexity index is 1180. The van der Waals surface area contributed by atoms with Crippen LogP contribution in [0.25, 0.3) is 0 Å². The summed E-state index contributed by atoms with van der Waals surface area (Å²) in [7, 11) is 0. The number of aliphatic hydroxyl groups excluding tert-OH is 6. The number of hydrogen-bond donors (Lipinski definition) is 7. The molecule has 0 aromatic carbocycles. The zero-order valence-corrected chi connectivity index (χ0v) is 35.8. The second kappa shape index (κ2) is 25.0. The van der Waals surface area contributed by atoms with Gasteiger partial charge in [-0.3, -0.25) is 0 Å². The molecule has 4 aliphatic carbocycles. The van der Waals surface area contributed by atoms with Crippen molar-refractivity contribution in [3.8, 4) is 0 Å². The van der Waals surface area contributed by atoms with Crippen molar-refractivity contribution in [1.82, 2.24) is 9.97 Å². The Morgan fingerprint density at radius 1 is 0.719 bits per heavy atom. The lowest BCUT2D eigenvalue weighted by atomic mass is 9.48. The largest absolute Gasteiger partial charge is 0.394 e. The van der Waals surface area contributed by atoms with E-state index in [2.05, 4.69) is 16.9 Å². The van der Waals surface area contributed by atoms with Crippen LogP contribution in [0.2, 0.25) is 0 Å². The van der Waals surface area contributed by atoms with Crippen molar-refractivity contribution in [2.24, 2.45) is 23.2 Å². The third-order valence-corrected chi connectivity index (χ3v) is 14.5. The molecule has 0 radical (unpaired) electrons. The lowest BCUT2D eigenvalue weighted by Crippen LogP contribution is -2.59. The fourth-order valence-corrected chi connectivity index (χ4v) is 11.5. The number of aromatic amines is 1. The number of ether oxygens (including phenoxy) is 2. The summed E-state index contributed by atoms with van der Waals surface area (Å²) in [6.07, 6.45) is 29.4. The van der Waals surface area contributed by atoms with E-state index in [-0.39, 0.29) is 6.61 Å². The highest BCUT2D eigenvalue weighted by Crippen LogP contribution is 2.61. The number of unbranched alkanes of at least 4 members (excludes halogenated alkanes) is 18. The standard InChI is InChI=1S/C47H84N2O8/c1-2-3-4-5-6-7-8-9-10-14-17-20-23-39(51)41(52)38(33-56-46-44(55)43(54)42(53)40(32-50)57-46)45-48-31-37(49-45)22-19-16-13-11-12-15-18-21-24-47-28-34-25-35(29-47)27-36(26-34)30-47/h31,34-36,38-44,46,50-55H,2-30,32-33H2,1H3,(H,48,49)/t34?,35?,36?,38-,39+,40?,41-,42?,43?,44?,46?,47?/m0/s1. The highest BCUT2D eigenvalue weighted by atomic mass is 16.7. The minimum absolute atomic E-state index is 0.158. The van der Waals surface area contributed by atoms with Crippen molar-refractivity contribution in [1.29, 1.82) is 0 Å². The molecular formula is C47H84N2O8. The van der Waals surface area contributed by atoms with Gasteiger partial charge in [-0.05, 0) is 87.4 Å². The number of H-pyrrole nitrogens is 1. The van der Waals surface area contributed by atoms with Gasteiger partial charge in [0.2, 0.25) is 0 Å². The molecule has 5 fully saturated rings. The predicted octanol–water partition coefficient (Wildman–Crippen LogP) is 8.39. The van der Waals surface area contributed by atoms with Crippen LogP contribution in [0.5, 0.6) is 0 Å². The van der Waals surface area contributed by atoms with Gasteiger partial charge in [0.15, 0.2) is 6.29 Å². The number of rotatable bonds is 31. The Labute approximate surface area is 345 Å². The third-order valence-electron chi connectivity index (χ3n) is 14.5. The monoisotopic (exact) mass is 805 g/mol. The maximum atomic E-state index is 11.4. The molecule has 10 heteroatoms. The van der Waals surface area contributed by atoms with Crippen molar-refractivity contribution in [2.45, 2.75) is 242 Å². The Balaban J connectivity index is 0.996. The molecule has 5 aliphatic rings. The van der Waals surface area contributed by atoms with E-state index in [4.69, 9.17) is 9.47 Å². The van der Waals surface area contributed by atoms with Crippen LogP contribution >= 0.6 is 0 Å². The fraction of sp³-hybridized carbons (Fsp3) is 0.936. The lowest BCUT2D eigenvalue weighted by Gasteiger charge is -2.57. The van der Waals surface area contributed by atoms with Crippen molar-refractivity contribution in [3.05, 3.63) is 17.7 Å². The zero-order chi connectivity index (χ0) is 40.5. The van der Waals surface area contributed by atoms with Gasteiger partial charge in [0.25, 0.3) is 0 Å². The number of imidazole rings is 1. The van der Waals surface area contributed by atoms with E-state index in [1.54, 1.807) is 6.20 Å². The number of nitrogens with one attached hydrogen (secondary N) is 1. The van der Waals surface area contributed by atoms with Crippen LogP contribution in [0, 0.1) is 23.2 Å². The first-order chi connectivity index (χ1) is 27.7. The van der Waals surface area contributed by atoms with Gasteiger partial charge in [0.1, 0.15) is 30.2 Å². The average Bonchev–Trinajstić information content (AvgIpc) is 3.66. The summed E-state index contributed by atoms with van der Waals surface area (Å²) in [4.78, 5) is 7.98. The molecular weight excluding hydrogens is 721 g/mol. The number of aliphatic hydroxyl groups is 6. The van der Waals surface area contributed by atoms with E-state index in [0.29, 0.717) is 12.2 Å². The molecule has 8 atom stereocenters. The van der Waals surface area contributed by atoms with E-state index in [9.17, 15) is 30.6 Å². The molecule has 4 bridgehead atoms. The van der Waals surface area contributed by atoms with Crippen LogP contribution in [0.4, 0.5) is 0 Å². The summed E-state index contributed by atoms with van der Waals surface area (Å²) < 4.78 is 11.5. The zero-order valence-electron chi connectivity index (χ0n) is 35.8. The van der Waals surface area contributed by atoms with E-state index in [1.165, 1.54) is 141 Å². The van der Waals surface area contributed by atoms with Crippen LogP contribution in [0.1, 0.15) is 204 Å². The molecule has 5 unspecified atom stereocenters. The van der Waals surface area contributed by atoms with E-state index in [0.717, 1.165) is 67.4 Å². The Hall–Kier alpha value is -1.11. The molecule has 330 valence electrons. The summed E-state index contributed by atoms with van der Waals surface area (Å²) in [5.41, 5.74) is 1.69. The fourth-order valence-electron chi connectivity index (χ4n) is 11.5. The number of hydrogen-bond acceptors (Lipinski definition) is 9. The van der Waals surface area contributed by atoms with Gasteiger partial charge in [-0.1, -0.05) is 129 Å². The molecule has 7 N–H and O–H groups in total. The van der Waals surface area contributed by atoms with Gasteiger partial charge < -0.3 is 45.1 Å². The van der Waals surface area contributed by atoms with Gasteiger partial charge in [-0.15, -0.1) is 0 Å². The molecule has 1 aromatic heterocycles. The smallest absolute Gasteiger partial charge is 0.186 e. The first-order valence-electron chi connectivity index (χ1n) is 24.0. The van der Waals surface area contributed by atoms with Gasteiger partial charge in [-0.25, -0.2) is 4.98 Å². The highest BCUT2D eigenvalue weighted by Gasteiger charge is 2.50. The molecule has 57 heavy (non-hydrogen) atoms. The number of aryl methyl sites for hydroxylation is 1. The molecule has 0 spiro atoms. The second-order valence-electron chi connectivity index (χ2n) is 19.4. The molecule has 10 nitrogen and oxygen atoms in total. The molecule has 1 aliphatic heterocycles. The van der Waals surface area contributed by atoms with Crippen LogP contribution in [0.15, 0.2) is 6.20 Å². The highest BCUT2D eigenvalue weighted by molar-refractivity contribution is 5.09. The predicted molar refractivity (Wildman–Crippen MR) is 225 cm³/mol. The van der Waals surface area contributed by atoms with Crippen LogP contribution in [-0.2, 0) is 15.9 Å². The summed E-state index contributed by atoms with van der Waals surface area (Å²) in [5, 5.41) is 63.2. The van der Waals surface area contributed by atoms with Crippen molar-refractivity contribution in [2.75, 3.05) is 13.2 Å². The first-order valence-corrected chi connectivity index (χ1v) is 24.0. The van der Waals surface area contributed by atoms with E-state index >= 15 is 0 Å². The second-order valence-corrected chi connectivity index (χ2v) is 19.4. The Morgan fingerprint density at radius 3 is 1.81 bits per heavy atom. The normalized spacial score (nSPS) is 31.2.